The zero-order valence-corrected chi connectivity index (χ0v) is 13.7. The van der Waals surface area contributed by atoms with Crippen molar-refractivity contribution in [2.24, 2.45) is 0 Å². The van der Waals surface area contributed by atoms with E-state index in [-0.39, 0.29) is 11.7 Å². The number of hydrogen-bond donors (Lipinski definition) is 1. The minimum absolute atomic E-state index is 0.216. The van der Waals surface area contributed by atoms with Crippen LogP contribution in [-0.4, -0.2) is 14.3 Å². The molecule has 0 radical (unpaired) electrons. The minimum Gasteiger partial charge on any atom is -0.379 e. The molecular weight excluding hydrogens is 340 g/mol. The van der Waals surface area contributed by atoms with Crippen molar-refractivity contribution in [3.8, 4) is 11.8 Å². The summed E-state index contributed by atoms with van der Waals surface area (Å²) in [6.07, 6.45) is 4.42. The van der Waals surface area contributed by atoms with Crippen LogP contribution in [0.25, 0.3) is 12.2 Å². The molecule has 2 aromatic carbocycles. The summed E-state index contributed by atoms with van der Waals surface area (Å²) in [5.41, 5.74) is 2.42. The maximum absolute atomic E-state index is 12.0. The topological polar surface area (TPSA) is 96.3 Å². The molecule has 6 nitrogen and oxygen atoms in total. The summed E-state index contributed by atoms with van der Waals surface area (Å²) in [7, 11) is -3.68. The molecule has 1 heterocycles. The third-order valence-corrected chi connectivity index (χ3v) is 4.25. The molecular formula is C18H12N2O4S. The lowest BCUT2D eigenvalue weighted by Crippen LogP contribution is -2.11. The number of fused-ring (bicyclic) bond motifs is 1. The Morgan fingerprint density at radius 2 is 1.92 bits per heavy atom. The SMILES string of the molecule is N#Cc1ccc(/C=C/C(=O)Nc2ccc3c(c2)C=CS(=O)(=O)O3)cc1. The molecule has 1 aliphatic rings. The van der Waals surface area contributed by atoms with E-state index in [1.165, 1.54) is 18.2 Å². The smallest absolute Gasteiger partial charge is 0.332 e. The van der Waals surface area contributed by atoms with Crippen LogP contribution < -0.4 is 9.50 Å². The summed E-state index contributed by atoms with van der Waals surface area (Å²) in [5.74, 6) is -0.119. The van der Waals surface area contributed by atoms with Crippen LogP contribution in [0.3, 0.4) is 0 Å². The highest BCUT2D eigenvalue weighted by atomic mass is 32.2. The van der Waals surface area contributed by atoms with E-state index in [1.54, 1.807) is 42.5 Å². The van der Waals surface area contributed by atoms with Gasteiger partial charge in [-0.15, -0.1) is 0 Å². The van der Waals surface area contributed by atoms with Gasteiger partial charge in [-0.2, -0.15) is 13.7 Å². The number of carbonyl (C=O) groups excluding carboxylic acids is 1. The molecule has 0 saturated heterocycles. The molecule has 124 valence electrons. The zero-order chi connectivity index (χ0) is 17.9. The molecule has 0 spiro atoms. The van der Waals surface area contributed by atoms with Crippen LogP contribution in [0.2, 0.25) is 0 Å². The maximum Gasteiger partial charge on any atom is 0.332 e. The summed E-state index contributed by atoms with van der Waals surface area (Å²) in [4.78, 5) is 12.0. The Morgan fingerprint density at radius 3 is 2.64 bits per heavy atom. The molecule has 1 aliphatic heterocycles. The Labute approximate surface area is 144 Å². The standard InChI is InChI=1S/C18H12N2O4S/c19-12-14-3-1-13(2-4-14)5-8-18(21)20-16-6-7-17-15(11-16)9-10-25(22,23)24-17/h1-11H,(H,20,21)/b8-5+. The second-order valence-corrected chi connectivity index (χ2v) is 6.61. The normalized spacial score (nSPS) is 14.4. The number of hydrogen-bond acceptors (Lipinski definition) is 5. The van der Waals surface area contributed by atoms with Crippen LogP contribution in [0.4, 0.5) is 5.69 Å². The van der Waals surface area contributed by atoms with E-state index >= 15 is 0 Å². The number of anilines is 1. The molecule has 0 bridgehead atoms. The molecule has 7 heteroatoms. The van der Waals surface area contributed by atoms with Crippen molar-refractivity contribution in [1.29, 1.82) is 5.26 Å². The van der Waals surface area contributed by atoms with Gasteiger partial charge in [0.25, 0.3) is 0 Å². The Kier molecular flexibility index (Phi) is 4.37. The van der Waals surface area contributed by atoms with Crippen molar-refractivity contribution in [2.75, 3.05) is 5.32 Å². The summed E-state index contributed by atoms with van der Waals surface area (Å²) in [6.45, 7) is 0. The van der Waals surface area contributed by atoms with Gasteiger partial charge in [0.2, 0.25) is 5.91 Å². The fraction of sp³-hybridized carbons (Fsp3) is 0. The molecule has 2 aromatic rings. The van der Waals surface area contributed by atoms with Crippen molar-refractivity contribution in [3.63, 3.8) is 0 Å². The Balaban J connectivity index is 1.69. The number of amides is 1. The Morgan fingerprint density at radius 1 is 1.16 bits per heavy atom. The third-order valence-electron chi connectivity index (χ3n) is 3.36. The molecule has 0 fully saturated rings. The number of rotatable bonds is 3. The molecule has 0 unspecified atom stereocenters. The molecule has 25 heavy (non-hydrogen) atoms. The van der Waals surface area contributed by atoms with Gasteiger partial charge in [0.15, 0.2) is 0 Å². The van der Waals surface area contributed by atoms with Crippen molar-refractivity contribution in [3.05, 3.63) is 70.6 Å². The first-order valence-corrected chi connectivity index (χ1v) is 8.68. The van der Waals surface area contributed by atoms with Gasteiger partial charge in [-0.25, -0.2) is 0 Å². The first-order valence-electron chi connectivity index (χ1n) is 7.21. The molecule has 1 amide bonds. The second-order valence-electron chi connectivity index (χ2n) is 5.19. The van der Waals surface area contributed by atoms with Gasteiger partial charge in [0, 0.05) is 17.3 Å². The zero-order valence-electron chi connectivity index (χ0n) is 12.8. The lowest BCUT2D eigenvalue weighted by molar-refractivity contribution is -0.111. The number of nitriles is 1. The maximum atomic E-state index is 12.0. The Hall–Kier alpha value is -3.37. The fourth-order valence-electron chi connectivity index (χ4n) is 2.17. The van der Waals surface area contributed by atoms with Gasteiger partial charge in [0.1, 0.15) is 5.75 Å². The quantitative estimate of drug-likeness (QED) is 0.677. The fourth-order valence-corrected chi connectivity index (χ4v) is 2.94. The summed E-state index contributed by atoms with van der Waals surface area (Å²) >= 11 is 0. The predicted octanol–water partition coefficient (Wildman–Crippen LogP) is 2.90. The summed E-state index contributed by atoms with van der Waals surface area (Å²) in [5, 5.41) is 12.4. The van der Waals surface area contributed by atoms with Gasteiger partial charge >= 0.3 is 10.1 Å². The molecule has 1 N–H and O–H groups in total. The monoisotopic (exact) mass is 352 g/mol. The summed E-state index contributed by atoms with van der Waals surface area (Å²) < 4.78 is 27.5. The largest absolute Gasteiger partial charge is 0.379 e. The average Bonchev–Trinajstić information content (AvgIpc) is 2.60. The lowest BCUT2D eigenvalue weighted by atomic mass is 10.1. The first kappa shape index (κ1) is 16.5. The molecule has 0 atom stereocenters. The van der Waals surface area contributed by atoms with Crippen LogP contribution in [0.1, 0.15) is 16.7 Å². The highest BCUT2D eigenvalue weighted by Gasteiger charge is 2.17. The van der Waals surface area contributed by atoms with E-state index in [1.807, 2.05) is 6.07 Å². The highest BCUT2D eigenvalue weighted by molar-refractivity contribution is 7.90. The van der Waals surface area contributed by atoms with Crippen LogP contribution in [0, 0.1) is 11.3 Å². The van der Waals surface area contributed by atoms with Crippen LogP contribution >= 0.6 is 0 Å². The van der Waals surface area contributed by atoms with Crippen LogP contribution in [0.15, 0.2) is 53.9 Å². The lowest BCUT2D eigenvalue weighted by Gasteiger charge is -2.13. The third kappa shape index (κ3) is 4.13. The number of nitrogens with one attached hydrogen (secondary N) is 1. The van der Waals surface area contributed by atoms with Gasteiger partial charge < -0.3 is 9.50 Å². The van der Waals surface area contributed by atoms with E-state index < -0.39 is 10.1 Å². The first-order chi connectivity index (χ1) is 11.9. The van der Waals surface area contributed by atoms with Crippen molar-refractivity contribution >= 4 is 33.9 Å². The minimum atomic E-state index is -3.68. The van der Waals surface area contributed by atoms with Crippen molar-refractivity contribution in [1.82, 2.24) is 0 Å². The van der Waals surface area contributed by atoms with Gasteiger partial charge in [-0.05, 0) is 48.0 Å². The van der Waals surface area contributed by atoms with E-state index in [0.29, 0.717) is 16.8 Å². The number of nitrogens with zero attached hydrogens (tertiary/aromatic N) is 1. The van der Waals surface area contributed by atoms with Crippen LogP contribution in [-0.2, 0) is 14.9 Å². The number of benzene rings is 2. The predicted molar refractivity (Wildman–Crippen MR) is 93.8 cm³/mol. The van der Waals surface area contributed by atoms with Gasteiger partial charge in [0.05, 0.1) is 17.0 Å². The molecule has 0 saturated carbocycles. The number of carbonyl (C=O) groups is 1. The van der Waals surface area contributed by atoms with Crippen molar-refractivity contribution < 1.29 is 17.4 Å². The van der Waals surface area contributed by atoms with Crippen molar-refractivity contribution in [2.45, 2.75) is 0 Å². The van der Waals surface area contributed by atoms with Crippen LogP contribution in [0.5, 0.6) is 5.75 Å². The van der Waals surface area contributed by atoms with Gasteiger partial charge in [-0.3, -0.25) is 4.79 Å². The van der Waals surface area contributed by atoms with E-state index in [2.05, 4.69) is 5.32 Å². The van der Waals surface area contributed by atoms with E-state index in [0.717, 1.165) is 11.0 Å². The molecule has 0 aromatic heterocycles. The van der Waals surface area contributed by atoms with E-state index in [9.17, 15) is 13.2 Å². The summed E-state index contributed by atoms with van der Waals surface area (Å²) in [6, 6.07) is 13.5. The average molecular weight is 352 g/mol. The molecule has 3 rings (SSSR count). The second kappa shape index (κ2) is 6.63. The van der Waals surface area contributed by atoms with E-state index in [4.69, 9.17) is 9.44 Å². The highest BCUT2D eigenvalue weighted by Crippen LogP contribution is 2.29. The Bertz CT molecular complexity index is 1030. The molecule has 0 aliphatic carbocycles. The van der Waals surface area contributed by atoms with Gasteiger partial charge in [-0.1, -0.05) is 12.1 Å².